The molecule has 2 atom stereocenters. The van der Waals surface area contributed by atoms with Crippen molar-refractivity contribution in [3.05, 3.63) is 95.8 Å². The highest BCUT2D eigenvalue weighted by molar-refractivity contribution is 7.92. The number of hydrogen-bond acceptors (Lipinski definition) is 4. The number of sulfonamides is 1. The van der Waals surface area contributed by atoms with E-state index in [2.05, 4.69) is 5.32 Å². The van der Waals surface area contributed by atoms with Gasteiger partial charge in [0.2, 0.25) is 11.8 Å². The van der Waals surface area contributed by atoms with Crippen molar-refractivity contribution < 1.29 is 22.4 Å². The maximum absolute atomic E-state index is 14.0. The van der Waals surface area contributed by atoms with E-state index in [4.69, 9.17) is 0 Å². The van der Waals surface area contributed by atoms with Crippen molar-refractivity contribution in [2.24, 2.45) is 0 Å². The molecule has 2 amide bonds. The second-order valence-corrected chi connectivity index (χ2v) is 11.7. The molecule has 0 bridgehead atoms. The number of carbonyl (C=O) groups excluding carboxylic acids is 2. The summed E-state index contributed by atoms with van der Waals surface area (Å²) in [6, 6.07) is 20.0. The van der Waals surface area contributed by atoms with Crippen LogP contribution in [0.15, 0.2) is 83.8 Å². The van der Waals surface area contributed by atoms with E-state index in [0.29, 0.717) is 12.8 Å². The summed E-state index contributed by atoms with van der Waals surface area (Å²) < 4.78 is 42.3. The molecule has 0 aliphatic heterocycles. The smallest absolute Gasteiger partial charge is 0.264 e. The Balaban J connectivity index is 2.00. The van der Waals surface area contributed by atoms with Crippen LogP contribution >= 0.6 is 0 Å². The van der Waals surface area contributed by atoms with Crippen LogP contribution in [-0.4, -0.2) is 50.3 Å². The number of amides is 2. The Morgan fingerprint density at radius 1 is 0.900 bits per heavy atom. The van der Waals surface area contributed by atoms with Crippen LogP contribution in [0, 0.1) is 12.7 Å². The molecule has 7 nitrogen and oxygen atoms in total. The van der Waals surface area contributed by atoms with E-state index in [0.717, 1.165) is 34.0 Å². The molecule has 0 heterocycles. The third-order valence-electron chi connectivity index (χ3n) is 6.87. The molecule has 3 aromatic carbocycles. The lowest BCUT2D eigenvalue weighted by Crippen LogP contribution is -2.54. The Hall–Kier alpha value is -3.72. The van der Waals surface area contributed by atoms with Crippen LogP contribution in [0.3, 0.4) is 0 Å². The molecule has 0 saturated carbocycles. The number of halogens is 1. The zero-order chi connectivity index (χ0) is 29.3. The third-order valence-corrected chi connectivity index (χ3v) is 8.66. The van der Waals surface area contributed by atoms with Crippen LogP contribution in [0.1, 0.15) is 44.7 Å². The Kier molecular flexibility index (Phi) is 10.8. The first kappa shape index (κ1) is 30.8. The second kappa shape index (κ2) is 14.1. The normalized spacial score (nSPS) is 12.8. The molecule has 0 radical (unpaired) electrons. The fraction of sp³-hybridized carbons (Fsp3) is 0.355. The summed E-state index contributed by atoms with van der Waals surface area (Å²) in [6.07, 6.45) is 1.57. The molecular weight excluding hydrogens is 529 g/mol. The van der Waals surface area contributed by atoms with Gasteiger partial charge in [-0.2, -0.15) is 0 Å². The van der Waals surface area contributed by atoms with Gasteiger partial charge in [-0.15, -0.1) is 0 Å². The average Bonchev–Trinajstić information content (AvgIpc) is 2.95. The maximum atomic E-state index is 14.0. The predicted molar refractivity (Wildman–Crippen MR) is 156 cm³/mol. The van der Waals surface area contributed by atoms with Crippen LogP contribution in [-0.2, 0) is 26.0 Å². The minimum Gasteiger partial charge on any atom is -0.352 e. The first-order valence-electron chi connectivity index (χ1n) is 13.6. The van der Waals surface area contributed by atoms with Gasteiger partial charge in [-0.05, 0) is 75.1 Å². The highest BCUT2D eigenvalue weighted by atomic mass is 32.2. The van der Waals surface area contributed by atoms with Gasteiger partial charge in [-0.1, -0.05) is 61.9 Å². The van der Waals surface area contributed by atoms with Crippen molar-refractivity contribution >= 4 is 27.5 Å². The Morgan fingerprint density at radius 3 is 2.10 bits per heavy atom. The average molecular weight is 568 g/mol. The van der Waals surface area contributed by atoms with Gasteiger partial charge in [0.1, 0.15) is 18.4 Å². The Labute approximate surface area is 237 Å². The van der Waals surface area contributed by atoms with E-state index >= 15 is 0 Å². The van der Waals surface area contributed by atoms with Gasteiger partial charge in [0.25, 0.3) is 10.0 Å². The zero-order valence-electron chi connectivity index (χ0n) is 23.5. The first-order chi connectivity index (χ1) is 19.1. The number of benzene rings is 3. The molecule has 0 saturated heterocycles. The van der Waals surface area contributed by atoms with Crippen LogP contribution in [0.5, 0.6) is 0 Å². The van der Waals surface area contributed by atoms with Crippen molar-refractivity contribution in [1.82, 2.24) is 10.2 Å². The van der Waals surface area contributed by atoms with Crippen molar-refractivity contribution in [3.63, 3.8) is 0 Å². The molecule has 0 aliphatic carbocycles. The number of nitrogens with zero attached hydrogens (tertiary/aromatic N) is 2. The van der Waals surface area contributed by atoms with Crippen LogP contribution in [0.25, 0.3) is 0 Å². The van der Waals surface area contributed by atoms with E-state index in [1.54, 1.807) is 12.1 Å². The molecule has 1 N–H and O–H groups in total. The minimum absolute atomic E-state index is 0.00705. The van der Waals surface area contributed by atoms with Gasteiger partial charge >= 0.3 is 0 Å². The van der Waals surface area contributed by atoms with Crippen molar-refractivity contribution in [2.45, 2.75) is 63.9 Å². The van der Waals surface area contributed by atoms with E-state index in [-0.39, 0.29) is 29.1 Å². The maximum Gasteiger partial charge on any atom is 0.264 e. The SMILES string of the molecule is CC[C@H](C)NC(=O)[C@H](CC)N(CCc1ccccc1)C(=O)CN(c1ccc(F)cc1)S(=O)(=O)c1ccc(C)cc1. The predicted octanol–water partition coefficient (Wildman–Crippen LogP) is 5.09. The second-order valence-electron chi connectivity index (χ2n) is 9.87. The fourth-order valence-corrected chi connectivity index (χ4v) is 5.72. The number of carbonyl (C=O) groups is 2. The largest absolute Gasteiger partial charge is 0.352 e. The summed E-state index contributed by atoms with van der Waals surface area (Å²) in [6.45, 7) is 7.19. The van der Waals surface area contributed by atoms with Crippen LogP contribution in [0.4, 0.5) is 10.1 Å². The molecule has 214 valence electrons. The zero-order valence-corrected chi connectivity index (χ0v) is 24.3. The molecule has 9 heteroatoms. The molecule has 40 heavy (non-hydrogen) atoms. The number of hydrogen-bond donors (Lipinski definition) is 1. The molecule has 0 aliphatic rings. The fourth-order valence-electron chi connectivity index (χ4n) is 4.31. The molecule has 0 aromatic heterocycles. The highest BCUT2D eigenvalue weighted by Crippen LogP contribution is 2.25. The Morgan fingerprint density at radius 2 is 1.52 bits per heavy atom. The molecule has 0 fully saturated rings. The van der Waals surface area contributed by atoms with E-state index in [1.807, 2.05) is 58.0 Å². The van der Waals surface area contributed by atoms with Gasteiger partial charge < -0.3 is 10.2 Å². The van der Waals surface area contributed by atoms with Crippen LogP contribution < -0.4 is 9.62 Å². The third kappa shape index (κ3) is 7.91. The summed E-state index contributed by atoms with van der Waals surface area (Å²) >= 11 is 0. The van der Waals surface area contributed by atoms with Gasteiger partial charge in [0.15, 0.2) is 0 Å². The lowest BCUT2D eigenvalue weighted by Gasteiger charge is -2.33. The summed E-state index contributed by atoms with van der Waals surface area (Å²) in [5.74, 6) is -1.34. The van der Waals surface area contributed by atoms with Crippen LogP contribution in [0.2, 0.25) is 0 Å². The van der Waals surface area contributed by atoms with Gasteiger partial charge in [0.05, 0.1) is 10.6 Å². The van der Waals surface area contributed by atoms with E-state index < -0.39 is 34.3 Å². The standard InChI is InChI=1S/C31H38FN3O4S/c1-5-24(4)33-31(37)29(6-2)34(21-20-25-10-8-7-9-11-25)30(36)22-35(27-16-14-26(32)15-17-27)40(38,39)28-18-12-23(3)13-19-28/h7-19,24,29H,5-6,20-22H2,1-4H3,(H,33,37)/t24-,29-/m0/s1. The topological polar surface area (TPSA) is 86.8 Å². The number of anilines is 1. The van der Waals surface area contributed by atoms with Gasteiger partial charge in [-0.3, -0.25) is 13.9 Å². The number of aryl methyl sites for hydroxylation is 1. The number of rotatable bonds is 13. The van der Waals surface area contributed by atoms with Gasteiger partial charge in [-0.25, -0.2) is 12.8 Å². The number of nitrogens with one attached hydrogen (secondary N) is 1. The monoisotopic (exact) mass is 567 g/mol. The quantitative estimate of drug-likeness (QED) is 0.312. The molecule has 0 unspecified atom stereocenters. The Bertz CT molecular complexity index is 1360. The molecule has 3 rings (SSSR count). The summed E-state index contributed by atoms with van der Waals surface area (Å²) in [5, 5.41) is 2.96. The summed E-state index contributed by atoms with van der Waals surface area (Å²) in [7, 11) is -4.19. The van der Waals surface area contributed by atoms with E-state index in [1.165, 1.54) is 29.2 Å². The highest BCUT2D eigenvalue weighted by Gasteiger charge is 2.33. The first-order valence-corrected chi connectivity index (χ1v) is 15.0. The molecular formula is C31H38FN3O4S. The summed E-state index contributed by atoms with van der Waals surface area (Å²) in [4.78, 5) is 28.7. The summed E-state index contributed by atoms with van der Waals surface area (Å²) in [5.41, 5.74) is 2.02. The van der Waals surface area contributed by atoms with Crippen molar-refractivity contribution in [3.8, 4) is 0 Å². The van der Waals surface area contributed by atoms with Gasteiger partial charge in [0, 0.05) is 12.6 Å². The molecule has 0 spiro atoms. The minimum atomic E-state index is -4.19. The van der Waals surface area contributed by atoms with Crippen molar-refractivity contribution in [1.29, 1.82) is 0 Å². The molecule has 3 aromatic rings. The van der Waals surface area contributed by atoms with E-state index in [9.17, 15) is 22.4 Å². The lowest BCUT2D eigenvalue weighted by molar-refractivity contribution is -0.139. The van der Waals surface area contributed by atoms with Crippen molar-refractivity contribution in [2.75, 3.05) is 17.4 Å². The lowest BCUT2D eigenvalue weighted by atomic mass is 10.1.